The lowest BCUT2D eigenvalue weighted by molar-refractivity contribution is 0.229. The van der Waals surface area contributed by atoms with E-state index in [4.69, 9.17) is 16.9 Å². The van der Waals surface area contributed by atoms with Gasteiger partial charge in [0.2, 0.25) is 0 Å². The van der Waals surface area contributed by atoms with E-state index >= 15 is 0 Å². The van der Waals surface area contributed by atoms with Crippen LogP contribution in [0.1, 0.15) is 28.3 Å². The van der Waals surface area contributed by atoms with E-state index in [1.807, 2.05) is 12.1 Å². The van der Waals surface area contributed by atoms with Crippen LogP contribution in [0.25, 0.3) is 0 Å². The number of fused-ring (bicyclic) bond motifs is 1. The summed E-state index contributed by atoms with van der Waals surface area (Å²) in [5.74, 6) is -0.398. The van der Waals surface area contributed by atoms with Gasteiger partial charge in [0.15, 0.2) is 0 Å². The Kier molecular flexibility index (Phi) is 4.12. The largest absolute Gasteiger partial charge is 0.395 e. The summed E-state index contributed by atoms with van der Waals surface area (Å²) >= 11 is 5.95. The van der Waals surface area contributed by atoms with Crippen molar-refractivity contribution in [2.24, 2.45) is 0 Å². The molecule has 0 aliphatic carbocycles. The Balaban J connectivity index is 2.10. The molecule has 0 amide bonds. The molecule has 22 heavy (non-hydrogen) atoms. The third-order valence-electron chi connectivity index (χ3n) is 3.89. The molecule has 0 saturated heterocycles. The molecule has 2 N–H and O–H groups in total. The van der Waals surface area contributed by atoms with Crippen LogP contribution in [0.2, 0.25) is 5.02 Å². The number of benzene rings is 2. The number of nitrogens with one attached hydrogen (secondary N) is 1. The molecule has 1 heterocycles. The summed E-state index contributed by atoms with van der Waals surface area (Å²) in [4.78, 5) is 0. The molecule has 2 aromatic carbocycles. The van der Waals surface area contributed by atoms with Crippen LogP contribution in [-0.2, 0) is 6.42 Å². The highest BCUT2D eigenvalue weighted by Gasteiger charge is 2.27. The molecule has 1 aliphatic heterocycles. The van der Waals surface area contributed by atoms with Crippen LogP contribution in [0.3, 0.4) is 0 Å². The number of hydrogen-bond acceptors (Lipinski definition) is 3. The van der Waals surface area contributed by atoms with Crippen molar-refractivity contribution in [3.05, 3.63) is 69.5 Å². The topological polar surface area (TPSA) is 56.0 Å². The summed E-state index contributed by atoms with van der Waals surface area (Å²) in [5.41, 5.74) is 3.25. The van der Waals surface area contributed by atoms with Gasteiger partial charge in [-0.05, 0) is 53.4 Å². The van der Waals surface area contributed by atoms with Gasteiger partial charge >= 0.3 is 0 Å². The summed E-state index contributed by atoms with van der Waals surface area (Å²) in [5, 5.41) is 22.2. The first-order valence-corrected chi connectivity index (χ1v) is 7.34. The van der Waals surface area contributed by atoms with Gasteiger partial charge in [0.1, 0.15) is 5.82 Å². The van der Waals surface area contributed by atoms with Crippen LogP contribution in [0, 0.1) is 17.1 Å². The van der Waals surface area contributed by atoms with Gasteiger partial charge in [0, 0.05) is 11.1 Å². The van der Waals surface area contributed by atoms with E-state index in [2.05, 4.69) is 11.4 Å². The second-order valence-corrected chi connectivity index (χ2v) is 5.85. The molecule has 0 fully saturated rings. The maximum atomic E-state index is 13.7. The van der Waals surface area contributed by atoms with Gasteiger partial charge in [0.25, 0.3) is 0 Å². The van der Waals surface area contributed by atoms with E-state index in [0.717, 1.165) is 11.1 Å². The number of halogens is 2. The van der Waals surface area contributed by atoms with Crippen molar-refractivity contribution in [3.8, 4) is 6.07 Å². The van der Waals surface area contributed by atoms with Gasteiger partial charge in [-0.25, -0.2) is 4.39 Å². The zero-order valence-electron chi connectivity index (χ0n) is 11.7. The second-order valence-electron chi connectivity index (χ2n) is 5.41. The average Bonchev–Trinajstić information content (AvgIpc) is 2.52. The maximum Gasteiger partial charge on any atom is 0.125 e. The van der Waals surface area contributed by atoms with Gasteiger partial charge < -0.3 is 10.4 Å². The molecule has 0 unspecified atom stereocenters. The van der Waals surface area contributed by atoms with Crippen molar-refractivity contribution in [3.63, 3.8) is 0 Å². The number of aliphatic hydroxyl groups excluding tert-OH is 1. The summed E-state index contributed by atoms with van der Waals surface area (Å²) in [6.07, 6.45) is 0.626. The van der Waals surface area contributed by atoms with Crippen LogP contribution in [0.4, 0.5) is 4.39 Å². The summed E-state index contributed by atoms with van der Waals surface area (Å²) in [7, 11) is 0. The maximum absolute atomic E-state index is 13.7. The minimum Gasteiger partial charge on any atom is -0.395 e. The highest BCUT2D eigenvalue weighted by atomic mass is 35.5. The minimum absolute atomic E-state index is 0.0320. The van der Waals surface area contributed by atoms with Crippen LogP contribution in [0.5, 0.6) is 0 Å². The number of aliphatic hydroxyl groups is 1. The molecule has 3 nitrogen and oxygen atoms in total. The third-order valence-corrected chi connectivity index (χ3v) is 4.11. The normalized spacial score (nSPS) is 20.3. The molecule has 1 aliphatic rings. The van der Waals surface area contributed by atoms with Gasteiger partial charge in [0.05, 0.1) is 24.3 Å². The van der Waals surface area contributed by atoms with E-state index in [0.29, 0.717) is 22.6 Å². The molecule has 2 atom stereocenters. The van der Waals surface area contributed by atoms with Gasteiger partial charge in [-0.2, -0.15) is 5.26 Å². The Hall–Kier alpha value is -1.93. The van der Waals surface area contributed by atoms with E-state index in [1.165, 1.54) is 12.1 Å². The van der Waals surface area contributed by atoms with Crippen molar-refractivity contribution in [1.82, 2.24) is 5.32 Å². The Morgan fingerprint density at radius 1 is 1.32 bits per heavy atom. The minimum atomic E-state index is -0.398. The zero-order chi connectivity index (χ0) is 15.7. The molecule has 0 saturated carbocycles. The molecule has 0 spiro atoms. The molecule has 0 aromatic heterocycles. The third kappa shape index (κ3) is 2.84. The zero-order valence-corrected chi connectivity index (χ0v) is 12.4. The first-order chi connectivity index (χ1) is 10.6. The summed E-state index contributed by atoms with van der Waals surface area (Å²) in [6, 6.07) is 11.6. The monoisotopic (exact) mass is 316 g/mol. The molecule has 3 rings (SSSR count). The highest BCUT2D eigenvalue weighted by molar-refractivity contribution is 6.30. The predicted octanol–water partition coefficient (Wildman–Crippen LogP) is 2.95. The second kappa shape index (κ2) is 6.05. The number of hydrogen-bond donors (Lipinski definition) is 2. The SMILES string of the molecule is N#Cc1ccc2c(c1)C[C@H](CO)N[C@@H]2c1cc(F)cc(Cl)c1. The molecule has 5 heteroatoms. The van der Waals surface area contributed by atoms with Crippen LogP contribution >= 0.6 is 11.6 Å². The van der Waals surface area contributed by atoms with Crippen molar-refractivity contribution in [2.75, 3.05) is 6.61 Å². The Bertz CT molecular complexity index is 737. The molecular weight excluding hydrogens is 303 g/mol. The molecule has 2 aromatic rings. The number of nitriles is 1. The lowest BCUT2D eigenvalue weighted by atomic mass is 9.86. The Morgan fingerprint density at radius 3 is 2.82 bits per heavy atom. The quantitative estimate of drug-likeness (QED) is 0.895. The van der Waals surface area contributed by atoms with Crippen molar-refractivity contribution >= 4 is 11.6 Å². The van der Waals surface area contributed by atoms with Gasteiger partial charge in [-0.15, -0.1) is 0 Å². The van der Waals surface area contributed by atoms with Crippen LogP contribution in [0.15, 0.2) is 36.4 Å². The molecular formula is C17H14ClFN2O. The predicted molar refractivity (Wildman–Crippen MR) is 82.1 cm³/mol. The van der Waals surface area contributed by atoms with E-state index in [1.54, 1.807) is 12.1 Å². The van der Waals surface area contributed by atoms with E-state index in [9.17, 15) is 9.50 Å². The Morgan fingerprint density at radius 2 is 2.14 bits per heavy atom. The fraction of sp³-hybridized carbons (Fsp3) is 0.235. The molecule has 112 valence electrons. The average molecular weight is 317 g/mol. The number of nitrogens with zero attached hydrogens (tertiary/aromatic N) is 1. The lowest BCUT2D eigenvalue weighted by Gasteiger charge is -2.33. The van der Waals surface area contributed by atoms with E-state index < -0.39 is 5.82 Å². The Labute approximate surface area is 133 Å². The van der Waals surface area contributed by atoms with Crippen molar-refractivity contribution in [1.29, 1.82) is 5.26 Å². The smallest absolute Gasteiger partial charge is 0.125 e. The van der Waals surface area contributed by atoms with Crippen LogP contribution in [-0.4, -0.2) is 17.8 Å². The summed E-state index contributed by atoms with van der Waals surface area (Å²) < 4.78 is 13.7. The van der Waals surface area contributed by atoms with Crippen LogP contribution < -0.4 is 5.32 Å². The fourth-order valence-electron chi connectivity index (χ4n) is 2.92. The van der Waals surface area contributed by atoms with Crippen molar-refractivity contribution < 1.29 is 9.50 Å². The van der Waals surface area contributed by atoms with E-state index in [-0.39, 0.29) is 18.7 Å². The first-order valence-electron chi connectivity index (χ1n) is 6.96. The molecule has 0 bridgehead atoms. The highest BCUT2D eigenvalue weighted by Crippen LogP contribution is 2.32. The number of rotatable bonds is 2. The van der Waals surface area contributed by atoms with Gasteiger partial charge in [-0.1, -0.05) is 17.7 Å². The van der Waals surface area contributed by atoms with Crippen molar-refractivity contribution in [2.45, 2.75) is 18.5 Å². The summed E-state index contributed by atoms with van der Waals surface area (Å²) in [6.45, 7) is -0.0320. The fourth-order valence-corrected chi connectivity index (χ4v) is 3.15. The lowest BCUT2D eigenvalue weighted by Crippen LogP contribution is -2.42. The standard InChI is InChI=1S/C17H14ClFN2O/c18-13-4-12(5-14(19)7-13)17-16-2-1-10(8-20)3-11(16)6-15(9-22)21-17/h1-5,7,15,17,21-22H,6,9H2/t15-,17-/m1/s1. The first kappa shape index (κ1) is 15.0. The van der Waals surface area contributed by atoms with Gasteiger partial charge in [-0.3, -0.25) is 0 Å². The molecule has 0 radical (unpaired) electrons.